The summed E-state index contributed by atoms with van der Waals surface area (Å²) in [6.07, 6.45) is 12.5. The van der Waals surface area contributed by atoms with Gasteiger partial charge in [-0.05, 0) is 37.5 Å². The predicted octanol–water partition coefficient (Wildman–Crippen LogP) is 3.43. The van der Waals surface area contributed by atoms with Crippen LogP contribution < -0.4 is 5.32 Å². The van der Waals surface area contributed by atoms with Gasteiger partial charge >= 0.3 is 0 Å². The molecule has 2 aromatic rings. The van der Waals surface area contributed by atoms with Gasteiger partial charge in [-0.2, -0.15) is 14.6 Å². The third-order valence-corrected chi connectivity index (χ3v) is 5.73. The molecule has 0 amide bonds. The van der Waals surface area contributed by atoms with E-state index in [2.05, 4.69) is 26.4 Å². The molecule has 0 saturated heterocycles. The number of anilines is 1. The topological polar surface area (TPSA) is 64.3 Å². The fourth-order valence-electron chi connectivity index (χ4n) is 4.61. The lowest BCUT2D eigenvalue weighted by atomic mass is 9.86. The Morgan fingerprint density at radius 3 is 2.46 bits per heavy atom. The van der Waals surface area contributed by atoms with Crippen LogP contribution in [0.1, 0.15) is 57.1 Å². The Labute approximate surface area is 143 Å². The molecular formula is C18H27N5O. The molecule has 0 atom stereocenters. The second kappa shape index (κ2) is 7.05. The van der Waals surface area contributed by atoms with Crippen LogP contribution in [0.3, 0.4) is 0 Å². The molecule has 0 spiro atoms. The minimum atomic E-state index is 0.496. The maximum Gasteiger partial charge on any atom is 0.254 e. The minimum Gasteiger partial charge on any atom is -0.378 e. The van der Waals surface area contributed by atoms with E-state index in [9.17, 15) is 0 Å². The normalized spacial score (nSPS) is 19.8. The van der Waals surface area contributed by atoms with E-state index in [0.29, 0.717) is 18.4 Å². The van der Waals surface area contributed by atoms with Crippen molar-refractivity contribution < 1.29 is 4.74 Å². The summed E-state index contributed by atoms with van der Waals surface area (Å²) < 4.78 is 7.09. The lowest BCUT2D eigenvalue weighted by Crippen LogP contribution is -2.35. The first kappa shape index (κ1) is 15.8. The number of fused-ring (bicyclic) bond motifs is 1. The summed E-state index contributed by atoms with van der Waals surface area (Å²) in [5.74, 6) is 3.22. The Balaban J connectivity index is 1.65. The van der Waals surface area contributed by atoms with Crippen molar-refractivity contribution in [3.63, 3.8) is 0 Å². The molecule has 2 saturated carbocycles. The van der Waals surface area contributed by atoms with Crippen molar-refractivity contribution in [2.75, 3.05) is 12.4 Å². The molecule has 0 radical (unpaired) electrons. The van der Waals surface area contributed by atoms with E-state index in [0.717, 1.165) is 23.3 Å². The first-order valence-corrected chi connectivity index (χ1v) is 9.30. The number of aromatic nitrogens is 4. The molecule has 0 aliphatic heterocycles. The summed E-state index contributed by atoms with van der Waals surface area (Å²) in [7, 11) is 1.70. The van der Waals surface area contributed by atoms with Crippen LogP contribution in [0.5, 0.6) is 0 Å². The lowest BCUT2D eigenvalue weighted by Gasteiger charge is -2.31. The molecule has 2 aromatic heterocycles. The Morgan fingerprint density at radius 1 is 1.17 bits per heavy atom. The summed E-state index contributed by atoms with van der Waals surface area (Å²) in [6, 6.07) is 2.61. The average Bonchev–Trinajstić information content (AvgIpc) is 3.33. The number of methoxy groups -OCH3 is 1. The molecule has 2 heterocycles. The lowest BCUT2D eigenvalue weighted by molar-refractivity contribution is 0.181. The van der Waals surface area contributed by atoms with E-state index in [1.807, 2.05) is 4.52 Å². The molecule has 130 valence electrons. The van der Waals surface area contributed by atoms with E-state index < -0.39 is 0 Å². The van der Waals surface area contributed by atoms with Crippen molar-refractivity contribution in [2.24, 2.45) is 11.8 Å². The summed E-state index contributed by atoms with van der Waals surface area (Å²) in [6.45, 7) is 0.496. The van der Waals surface area contributed by atoms with Crippen LogP contribution in [0.25, 0.3) is 5.78 Å². The van der Waals surface area contributed by atoms with Gasteiger partial charge in [-0.15, -0.1) is 0 Å². The van der Waals surface area contributed by atoms with Crippen molar-refractivity contribution in [2.45, 2.75) is 64.0 Å². The summed E-state index contributed by atoms with van der Waals surface area (Å²) in [4.78, 5) is 8.78. The Morgan fingerprint density at radius 2 is 1.83 bits per heavy atom. The number of ether oxygens (including phenoxy) is 1. The van der Waals surface area contributed by atoms with Crippen LogP contribution in [0, 0.1) is 11.8 Å². The van der Waals surface area contributed by atoms with Crippen LogP contribution in [-0.4, -0.2) is 32.7 Å². The van der Waals surface area contributed by atoms with Gasteiger partial charge in [0, 0.05) is 19.2 Å². The largest absolute Gasteiger partial charge is 0.378 e. The second-order valence-corrected chi connectivity index (χ2v) is 7.30. The molecule has 6 nitrogen and oxygen atoms in total. The molecule has 24 heavy (non-hydrogen) atoms. The molecule has 0 aromatic carbocycles. The molecule has 2 fully saturated rings. The maximum atomic E-state index is 5.27. The maximum absolute atomic E-state index is 5.27. The minimum absolute atomic E-state index is 0.496. The number of hydrogen-bond donors (Lipinski definition) is 1. The molecule has 0 bridgehead atoms. The zero-order valence-corrected chi connectivity index (χ0v) is 14.4. The SMILES string of the molecule is COCc1cc(NC(C2CCCC2)C2CCCC2)n2ncnc2n1. The van der Waals surface area contributed by atoms with Crippen molar-refractivity contribution in [3.05, 3.63) is 18.1 Å². The van der Waals surface area contributed by atoms with Crippen molar-refractivity contribution >= 4 is 11.6 Å². The van der Waals surface area contributed by atoms with Crippen LogP contribution >= 0.6 is 0 Å². The van der Waals surface area contributed by atoms with E-state index in [1.54, 1.807) is 13.4 Å². The smallest absolute Gasteiger partial charge is 0.254 e. The van der Waals surface area contributed by atoms with Gasteiger partial charge in [0.05, 0.1) is 12.3 Å². The fraction of sp³-hybridized carbons (Fsp3) is 0.722. The summed E-state index contributed by atoms with van der Waals surface area (Å²) in [5, 5.41) is 8.22. The molecule has 2 aliphatic rings. The quantitative estimate of drug-likeness (QED) is 0.879. The van der Waals surface area contributed by atoms with Crippen LogP contribution in [-0.2, 0) is 11.3 Å². The third kappa shape index (κ3) is 3.11. The summed E-state index contributed by atoms with van der Waals surface area (Å²) in [5.41, 5.74) is 0.900. The van der Waals surface area contributed by atoms with Gasteiger partial charge < -0.3 is 10.1 Å². The number of hydrogen-bond acceptors (Lipinski definition) is 5. The van der Waals surface area contributed by atoms with Crippen molar-refractivity contribution in [1.29, 1.82) is 0 Å². The van der Waals surface area contributed by atoms with Crippen molar-refractivity contribution in [3.8, 4) is 0 Å². The number of rotatable bonds is 6. The zero-order chi connectivity index (χ0) is 16.4. The highest BCUT2D eigenvalue weighted by atomic mass is 16.5. The Hall–Kier alpha value is -1.69. The van der Waals surface area contributed by atoms with Gasteiger partial charge in [0.15, 0.2) is 0 Å². The van der Waals surface area contributed by atoms with Crippen LogP contribution in [0.2, 0.25) is 0 Å². The molecule has 1 N–H and O–H groups in total. The van der Waals surface area contributed by atoms with E-state index in [-0.39, 0.29) is 0 Å². The molecular weight excluding hydrogens is 302 g/mol. The standard InChI is InChI=1S/C18H27N5O/c1-24-11-15-10-16(23-18(21-15)19-12-20-23)22-17(13-6-2-3-7-13)14-8-4-5-9-14/h10,12-14,17,22H,2-9,11H2,1H3. The fourth-order valence-corrected chi connectivity index (χ4v) is 4.61. The second-order valence-electron chi connectivity index (χ2n) is 7.30. The first-order valence-electron chi connectivity index (χ1n) is 9.30. The monoisotopic (exact) mass is 329 g/mol. The van der Waals surface area contributed by atoms with Gasteiger partial charge in [-0.3, -0.25) is 0 Å². The summed E-state index contributed by atoms with van der Waals surface area (Å²) >= 11 is 0. The van der Waals surface area contributed by atoms with Gasteiger partial charge in [-0.25, -0.2) is 4.98 Å². The zero-order valence-electron chi connectivity index (χ0n) is 14.4. The Kier molecular flexibility index (Phi) is 4.65. The van der Waals surface area contributed by atoms with Crippen LogP contribution in [0.4, 0.5) is 5.82 Å². The number of nitrogens with zero attached hydrogens (tertiary/aromatic N) is 4. The van der Waals surface area contributed by atoms with Gasteiger partial charge in [0.25, 0.3) is 5.78 Å². The molecule has 6 heteroatoms. The van der Waals surface area contributed by atoms with E-state index >= 15 is 0 Å². The molecule has 4 rings (SSSR count). The Bertz CT molecular complexity index is 657. The highest BCUT2D eigenvalue weighted by Crippen LogP contribution is 2.38. The average molecular weight is 329 g/mol. The van der Waals surface area contributed by atoms with Gasteiger partial charge in [0.1, 0.15) is 12.1 Å². The van der Waals surface area contributed by atoms with E-state index in [1.165, 1.54) is 51.4 Å². The highest BCUT2D eigenvalue weighted by molar-refractivity contribution is 5.46. The van der Waals surface area contributed by atoms with Crippen LogP contribution in [0.15, 0.2) is 12.4 Å². The van der Waals surface area contributed by atoms with Gasteiger partial charge in [0.2, 0.25) is 0 Å². The highest BCUT2D eigenvalue weighted by Gasteiger charge is 2.33. The molecule has 0 unspecified atom stereocenters. The first-order chi connectivity index (χ1) is 11.8. The van der Waals surface area contributed by atoms with Crippen molar-refractivity contribution in [1.82, 2.24) is 19.6 Å². The predicted molar refractivity (Wildman–Crippen MR) is 92.8 cm³/mol. The number of nitrogens with one attached hydrogen (secondary N) is 1. The van der Waals surface area contributed by atoms with Gasteiger partial charge in [-0.1, -0.05) is 25.7 Å². The third-order valence-electron chi connectivity index (χ3n) is 5.73. The molecule has 2 aliphatic carbocycles. The van der Waals surface area contributed by atoms with E-state index in [4.69, 9.17) is 4.74 Å².